The highest BCUT2D eigenvalue weighted by Gasteiger charge is 2.00. The summed E-state index contributed by atoms with van der Waals surface area (Å²) >= 11 is 0. The molecule has 64 valence electrons. The van der Waals surface area contributed by atoms with E-state index in [0.29, 0.717) is 6.54 Å². The fourth-order valence-electron chi connectivity index (χ4n) is 0.516. The lowest BCUT2D eigenvalue weighted by Gasteiger charge is -2.07. The number of nitrogens with one attached hydrogen (secondary N) is 1. The summed E-state index contributed by atoms with van der Waals surface area (Å²) in [5, 5.41) is 2.57. The number of amides is 1. The number of allylic oxidation sites excluding steroid dienone is 1. The number of hydrogen-bond acceptors (Lipinski definition) is 2. The maximum absolute atomic E-state index is 10.8. The first-order valence-electron chi connectivity index (χ1n) is 3.72. The molecule has 0 aliphatic rings. The number of carbonyl (C=O) groups is 1. The molecular formula is C8H15NO2. The van der Waals surface area contributed by atoms with Gasteiger partial charge in [-0.15, -0.1) is 0 Å². The highest BCUT2D eigenvalue weighted by molar-refractivity contribution is 5.67. The second-order valence-corrected chi connectivity index (χ2v) is 2.40. The topological polar surface area (TPSA) is 38.3 Å². The van der Waals surface area contributed by atoms with Gasteiger partial charge in [0.1, 0.15) is 0 Å². The van der Waals surface area contributed by atoms with Crippen molar-refractivity contribution < 1.29 is 9.53 Å². The van der Waals surface area contributed by atoms with Crippen molar-refractivity contribution in [3.8, 4) is 0 Å². The second kappa shape index (κ2) is 5.77. The van der Waals surface area contributed by atoms with Gasteiger partial charge in [0, 0.05) is 6.54 Å². The minimum Gasteiger partial charge on any atom is -0.447 e. The Hall–Kier alpha value is -0.990. The zero-order chi connectivity index (χ0) is 8.69. The van der Waals surface area contributed by atoms with E-state index >= 15 is 0 Å². The van der Waals surface area contributed by atoms with Gasteiger partial charge in [0.25, 0.3) is 0 Å². The number of hydrogen-bond donors (Lipinski definition) is 1. The van der Waals surface area contributed by atoms with Crippen molar-refractivity contribution in [2.24, 2.45) is 0 Å². The Bertz CT molecular complexity index is 141. The molecule has 0 rings (SSSR count). The van der Waals surface area contributed by atoms with Crippen molar-refractivity contribution in [2.75, 3.05) is 6.54 Å². The van der Waals surface area contributed by atoms with Crippen LogP contribution in [0, 0.1) is 0 Å². The van der Waals surface area contributed by atoms with Crippen LogP contribution < -0.4 is 5.32 Å². The molecule has 0 spiro atoms. The van der Waals surface area contributed by atoms with Gasteiger partial charge in [-0.25, -0.2) is 4.79 Å². The van der Waals surface area contributed by atoms with Crippen LogP contribution >= 0.6 is 0 Å². The number of rotatable bonds is 3. The van der Waals surface area contributed by atoms with E-state index in [9.17, 15) is 4.79 Å². The summed E-state index contributed by atoms with van der Waals surface area (Å²) in [4.78, 5) is 10.8. The maximum atomic E-state index is 10.8. The lowest BCUT2D eigenvalue weighted by atomic mass is 10.5. The fourth-order valence-corrected chi connectivity index (χ4v) is 0.516. The lowest BCUT2D eigenvalue weighted by Crippen LogP contribution is -2.26. The first kappa shape index (κ1) is 10.0. The van der Waals surface area contributed by atoms with Crippen molar-refractivity contribution in [3.63, 3.8) is 0 Å². The quantitative estimate of drug-likeness (QED) is 0.633. The van der Waals surface area contributed by atoms with E-state index in [1.165, 1.54) is 0 Å². The van der Waals surface area contributed by atoms with Crippen molar-refractivity contribution in [1.82, 2.24) is 5.32 Å². The van der Waals surface area contributed by atoms with Gasteiger partial charge in [-0.1, -0.05) is 12.2 Å². The minimum absolute atomic E-state index is 0.0550. The van der Waals surface area contributed by atoms with E-state index < -0.39 is 0 Å². The van der Waals surface area contributed by atoms with Gasteiger partial charge < -0.3 is 10.1 Å². The lowest BCUT2D eigenvalue weighted by molar-refractivity contribution is 0.116. The van der Waals surface area contributed by atoms with Crippen molar-refractivity contribution in [3.05, 3.63) is 12.2 Å². The van der Waals surface area contributed by atoms with Gasteiger partial charge in [-0.2, -0.15) is 0 Å². The Labute approximate surface area is 67.4 Å². The molecule has 0 saturated carbocycles. The summed E-state index contributed by atoms with van der Waals surface area (Å²) in [6.45, 7) is 6.06. The van der Waals surface area contributed by atoms with Crippen LogP contribution in [0.4, 0.5) is 4.79 Å². The summed E-state index contributed by atoms with van der Waals surface area (Å²) in [5.41, 5.74) is 0. The Balaban J connectivity index is 3.37. The van der Waals surface area contributed by atoms with Gasteiger partial charge in [-0.3, -0.25) is 0 Å². The first-order chi connectivity index (χ1) is 5.16. The molecule has 0 saturated heterocycles. The van der Waals surface area contributed by atoms with Crippen LogP contribution in [0.15, 0.2) is 12.2 Å². The highest BCUT2D eigenvalue weighted by Crippen LogP contribution is 1.87. The molecule has 0 aromatic rings. The minimum atomic E-state index is -0.363. The van der Waals surface area contributed by atoms with Crippen LogP contribution in [-0.4, -0.2) is 18.7 Å². The molecule has 11 heavy (non-hydrogen) atoms. The third-order valence-electron chi connectivity index (χ3n) is 0.943. The Morgan fingerprint density at radius 2 is 2.27 bits per heavy atom. The summed E-state index contributed by atoms with van der Waals surface area (Å²) < 4.78 is 4.81. The molecule has 0 atom stereocenters. The van der Waals surface area contributed by atoms with Crippen molar-refractivity contribution in [1.29, 1.82) is 0 Å². The standard InChI is InChI=1S/C8H15NO2/c1-4-5-6-9-8(10)11-7(2)3/h4-5,7H,6H2,1-3H3,(H,9,10)/b5-4+. The molecule has 0 aromatic heterocycles. The smallest absolute Gasteiger partial charge is 0.407 e. The molecule has 1 amide bonds. The molecule has 0 aliphatic heterocycles. The van der Waals surface area contributed by atoms with E-state index in [0.717, 1.165) is 0 Å². The highest BCUT2D eigenvalue weighted by atomic mass is 16.6. The summed E-state index contributed by atoms with van der Waals surface area (Å²) in [5.74, 6) is 0. The van der Waals surface area contributed by atoms with Gasteiger partial charge >= 0.3 is 6.09 Å². The van der Waals surface area contributed by atoms with Crippen LogP contribution in [0.1, 0.15) is 20.8 Å². The summed E-state index contributed by atoms with van der Waals surface area (Å²) in [7, 11) is 0. The van der Waals surface area contributed by atoms with Gasteiger partial charge in [-0.05, 0) is 20.8 Å². The Morgan fingerprint density at radius 3 is 2.73 bits per heavy atom. The molecule has 0 heterocycles. The average Bonchev–Trinajstić information content (AvgIpc) is 1.86. The third kappa shape index (κ3) is 6.90. The third-order valence-corrected chi connectivity index (χ3v) is 0.943. The van der Waals surface area contributed by atoms with Crippen molar-refractivity contribution >= 4 is 6.09 Å². The molecule has 3 nitrogen and oxygen atoms in total. The Kier molecular flexibility index (Phi) is 5.25. The number of ether oxygens (including phenoxy) is 1. The summed E-state index contributed by atoms with van der Waals surface area (Å²) in [6, 6.07) is 0. The van der Waals surface area contributed by atoms with Gasteiger partial charge in [0.2, 0.25) is 0 Å². The molecule has 0 aliphatic carbocycles. The SMILES string of the molecule is C/C=C/CNC(=O)OC(C)C. The van der Waals surface area contributed by atoms with Crippen LogP contribution in [0.3, 0.4) is 0 Å². The molecule has 0 fully saturated rings. The predicted molar refractivity (Wildman–Crippen MR) is 44.4 cm³/mol. The predicted octanol–water partition coefficient (Wildman–Crippen LogP) is 1.70. The zero-order valence-electron chi connectivity index (χ0n) is 7.26. The fraction of sp³-hybridized carbons (Fsp3) is 0.625. The van der Waals surface area contributed by atoms with Crippen LogP contribution in [0.2, 0.25) is 0 Å². The first-order valence-corrected chi connectivity index (χ1v) is 3.72. The van der Waals surface area contributed by atoms with Crippen LogP contribution in [0.25, 0.3) is 0 Å². The largest absolute Gasteiger partial charge is 0.447 e. The molecule has 1 N–H and O–H groups in total. The van der Waals surface area contributed by atoms with Crippen LogP contribution in [-0.2, 0) is 4.74 Å². The monoisotopic (exact) mass is 157 g/mol. The second-order valence-electron chi connectivity index (χ2n) is 2.40. The Morgan fingerprint density at radius 1 is 1.64 bits per heavy atom. The number of carbonyl (C=O) groups excluding carboxylic acids is 1. The zero-order valence-corrected chi connectivity index (χ0v) is 7.26. The molecular weight excluding hydrogens is 142 g/mol. The molecule has 0 radical (unpaired) electrons. The van der Waals surface area contributed by atoms with Gasteiger partial charge in [0.05, 0.1) is 6.10 Å². The molecule has 0 aromatic carbocycles. The van der Waals surface area contributed by atoms with Gasteiger partial charge in [0.15, 0.2) is 0 Å². The number of alkyl carbamates (subject to hydrolysis) is 1. The van der Waals surface area contributed by atoms with Crippen molar-refractivity contribution in [2.45, 2.75) is 26.9 Å². The average molecular weight is 157 g/mol. The molecule has 3 heteroatoms. The normalized spacial score (nSPS) is 10.5. The van der Waals surface area contributed by atoms with E-state index in [1.54, 1.807) is 0 Å². The van der Waals surface area contributed by atoms with E-state index in [-0.39, 0.29) is 12.2 Å². The van der Waals surface area contributed by atoms with E-state index in [4.69, 9.17) is 4.74 Å². The van der Waals surface area contributed by atoms with Crippen LogP contribution in [0.5, 0.6) is 0 Å². The van der Waals surface area contributed by atoms with E-state index in [2.05, 4.69) is 5.32 Å². The summed E-state index contributed by atoms with van der Waals surface area (Å²) in [6.07, 6.45) is 3.30. The molecule has 0 unspecified atom stereocenters. The maximum Gasteiger partial charge on any atom is 0.407 e. The molecule has 0 bridgehead atoms. The van der Waals surface area contributed by atoms with E-state index in [1.807, 2.05) is 32.9 Å².